The molecule has 8 aromatic rings. The topological polar surface area (TPSA) is 24.3 Å². The van der Waals surface area contributed by atoms with E-state index >= 15 is 0 Å². The lowest BCUT2D eigenvalue weighted by Gasteiger charge is -2.38. The van der Waals surface area contributed by atoms with E-state index in [9.17, 15) is 0 Å². The molecule has 0 radical (unpaired) electrons. The number of pyridine rings is 1. The zero-order chi connectivity index (χ0) is 42.7. The summed E-state index contributed by atoms with van der Waals surface area (Å²) >= 11 is 0. The Kier molecular flexibility index (Phi) is 9.79. The molecule has 61 heavy (non-hydrogen) atoms. The fraction of sp³-hybridized carbons (Fsp3) is 0.232. The summed E-state index contributed by atoms with van der Waals surface area (Å²) in [5.74, 6) is 0.896. The molecule has 9 rings (SSSR count). The number of anilines is 2. The highest BCUT2D eigenvalue weighted by atomic mass is 15.4. The molecule has 5 nitrogen and oxygen atoms in total. The number of aromatic nitrogens is 2. The number of quaternary nitrogens is 1. The molecule has 0 atom stereocenters. The van der Waals surface area contributed by atoms with Crippen LogP contribution >= 0.6 is 0 Å². The van der Waals surface area contributed by atoms with Crippen LogP contribution in [0.15, 0.2) is 182 Å². The fourth-order valence-corrected chi connectivity index (χ4v) is 9.07. The first-order valence-corrected chi connectivity index (χ1v) is 21.6. The SMILES string of the molecule is CC(C)(C)C1=CN(c2cc(C(C)(C)C)cc(C(C)(C)C)c2)CN1c1cccc([N+](c2ccccc2)(c2ccccc2)c2ccc3c4ccccc4n(-c4ccccn4)c3c2)c1. The second-order valence-corrected chi connectivity index (χ2v) is 19.7. The Labute approximate surface area is 362 Å². The predicted molar refractivity (Wildman–Crippen MR) is 260 cm³/mol. The lowest BCUT2D eigenvalue weighted by Crippen LogP contribution is -2.34. The Morgan fingerprint density at radius 2 is 1.03 bits per heavy atom. The normalized spacial score (nSPS) is 14.0. The lowest BCUT2D eigenvalue weighted by molar-refractivity contribution is 0.492. The van der Waals surface area contributed by atoms with Gasteiger partial charge in [-0.2, -0.15) is 4.48 Å². The number of allylic oxidation sites excluding steroid dienone is 1. The van der Waals surface area contributed by atoms with Gasteiger partial charge in [-0.05, 0) is 64.4 Å². The molecule has 0 amide bonds. The summed E-state index contributed by atoms with van der Waals surface area (Å²) in [5, 5.41) is 2.40. The van der Waals surface area contributed by atoms with E-state index in [2.05, 4.69) is 241 Å². The van der Waals surface area contributed by atoms with Crippen molar-refractivity contribution in [2.45, 2.75) is 73.1 Å². The number of hydrogen-bond donors (Lipinski definition) is 0. The zero-order valence-electron chi connectivity index (χ0n) is 37.2. The molecule has 6 aromatic carbocycles. The van der Waals surface area contributed by atoms with Gasteiger partial charge in [0, 0.05) is 94.2 Å². The van der Waals surface area contributed by atoms with Gasteiger partial charge in [-0.25, -0.2) is 4.98 Å². The van der Waals surface area contributed by atoms with Gasteiger partial charge >= 0.3 is 0 Å². The van der Waals surface area contributed by atoms with Crippen LogP contribution < -0.4 is 14.3 Å². The summed E-state index contributed by atoms with van der Waals surface area (Å²) in [5.41, 5.74) is 13.1. The van der Waals surface area contributed by atoms with E-state index in [1.54, 1.807) is 0 Å². The maximum atomic E-state index is 4.87. The quantitative estimate of drug-likeness (QED) is 0.150. The van der Waals surface area contributed by atoms with Crippen LogP contribution in [0.2, 0.25) is 0 Å². The molecule has 1 aliphatic rings. The third-order valence-electron chi connectivity index (χ3n) is 12.4. The highest BCUT2D eigenvalue weighted by Crippen LogP contribution is 2.53. The van der Waals surface area contributed by atoms with Gasteiger partial charge in [0.2, 0.25) is 0 Å². The summed E-state index contributed by atoms with van der Waals surface area (Å²) in [6.07, 6.45) is 4.27. The third kappa shape index (κ3) is 7.11. The van der Waals surface area contributed by atoms with Crippen LogP contribution in [0.4, 0.5) is 34.1 Å². The van der Waals surface area contributed by atoms with E-state index in [0.29, 0.717) is 11.2 Å². The molecule has 1 aliphatic heterocycles. The average Bonchev–Trinajstić information content (AvgIpc) is 3.86. The Morgan fingerprint density at radius 1 is 0.459 bits per heavy atom. The summed E-state index contributed by atoms with van der Waals surface area (Å²) in [6, 6.07) is 60.3. The first-order valence-electron chi connectivity index (χ1n) is 21.6. The molecule has 2 aromatic heterocycles. The minimum Gasteiger partial charge on any atom is -0.328 e. The molecular formula is C56H58N5+. The van der Waals surface area contributed by atoms with Gasteiger partial charge in [0.05, 0.1) is 17.7 Å². The van der Waals surface area contributed by atoms with Crippen LogP contribution in [-0.2, 0) is 10.8 Å². The molecule has 0 spiro atoms. The second kappa shape index (κ2) is 14.9. The van der Waals surface area contributed by atoms with Gasteiger partial charge in [0.1, 0.15) is 28.6 Å². The minimum absolute atomic E-state index is 0.0193. The van der Waals surface area contributed by atoms with Crippen molar-refractivity contribution in [3.63, 3.8) is 0 Å². The lowest BCUT2D eigenvalue weighted by atomic mass is 9.80. The standard InChI is InChI=1S/C56H58N5/c1-54(2,3)40-33-41(55(4,5)6)35-43(34-40)58-38-52(56(7,8)9)59(39-58)42-21-20-26-46(36-42)61(44-22-12-10-13-23-44,45-24-14-11-15-25-45)47-30-31-49-48-27-16-17-28-50(48)60(51(49)37-47)53-29-18-19-32-57-53/h10-38H,39H2,1-9H3/q+1. The van der Waals surface area contributed by atoms with Gasteiger partial charge in [-0.1, -0.05) is 135 Å². The highest BCUT2D eigenvalue weighted by molar-refractivity contribution is 6.10. The monoisotopic (exact) mass is 800 g/mol. The molecule has 0 saturated heterocycles. The highest BCUT2D eigenvalue weighted by Gasteiger charge is 2.41. The molecule has 0 N–H and O–H groups in total. The molecule has 0 unspecified atom stereocenters. The van der Waals surface area contributed by atoms with Crippen LogP contribution in [0.1, 0.15) is 73.4 Å². The van der Waals surface area contributed by atoms with Crippen LogP contribution in [0, 0.1) is 5.41 Å². The molecule has 5 heteroatoms. The van der Waals surface area contributed by atoms with Crippen LogP contribution in [0.25, 0.3) is 27.6 Å². The molecule has 0 aliphatic carbocycles. The van der Waals surface area contributed by atoms with E-state index in [1.807, 2.05) is 12.3 Å². The molecule has 0 fully saturated rings. The van der Waals surface area contributed by atoms with Crippen molar-refractivity contribution in [2.24, 2.45) is 5.41 Å². The van der Waals surface area contributed by atoms with Crippen LogP contribution in [-0.4, -0.2) is 16.2 Å². The zero-order valence-corrected chi connectivity index (χ0v) is 37.2. The van der Waals surface area contributed by atoms with E-state index in [-0.39, 0.29) is 16.2 Å². The van der Waals surface area contributed by atoms with E-state index in [4.69, 9.17) is 4.98 Å². The predicted octanol–water partition coefficient (Wildman–Crippen LogP) is 15.2. The Bertz CT molecular complexity index is 2810. The van der Waals surface area contributed by atoms with Crippen molar-refractivity contribution in [3.05, 3.63) is 193 Å². The Hall–Kier alpha value is -6.43. The van der Waals surface area contributed by atoms with E-state index in [1.165, 1.54) is 33.3 Å². The number of para-hydroxylation sites is 3. The van der Waals surface area contributed by atoms with Crippen molar-refractivity contribution in [2.75, 3.05) is 16.5 Å². The van der Waals surface area contributed by atoms with Gasteiger partial charge < -0.3 is 9.80 Å². The van der Waals surface area contributed by atoms with Crippen molar-refractivity contribution < 1.29 is 0 Å². The van der Waals surface area contributed by atoms with Crippen molar-refractivity contribution in [3.8, 4) is 5.82 Å². The Balaban J connectivity index is 1.26. The number of nitrogens with zero attached hydrogens (tertiary/aromatic N) is 5. The van der Waals surface area contributed by atoms with Crippen LogP contribution in [0.3, 0.4) is 0 Å². The average molecular weight is 801 g/mol. The largest absolute Gasteiger partial charge is 0.328 e. The first-order chi connectivity index (χ1) is 29.1. The van der Waals surface area contributed by atoms with Gasteiger partial charge in [0.15, 0.2) is 0 Å². The molecule has 306 valence electrons. The maximum absolute atomic E-state index is 4.87. The van der Waals surface area contributed by atoms with Gasteiger partial charge in [0.25, 0.3) is 0 Å². The van der Waals surface area contributed by atoms with Gasteiger partial charge in [-0.15, -0.1) is 0 Å². The summed E-state index contributed by atoms with van der Waals surface area (Å²) < 4.78 is 2.69. The number of hydrogen-bond acceptors (Lipinski definition) is 3. The van der Waals surface area contributed by atoms with Crippen molar-refractivity contribution in [1.29, 1.82) is 0 Å². The van der Waals surface area contributed by atoms with E-state index < -0.39 is 0 Å². The van der Waals surface area contributed by atoms with Crippen LogP contribution in [0.5, 0.6) is 0 Å². The Morgan fingerprint density at radius 3 is 1.64 bits per heavy atom. The van der Waals surface area contributed by atoms with Crippen molar-refractivity contribution in [1.82, 2.24) is 14.0 Å². The molecular weight excluding hydrogens is 743 g/mol. The number of rotatable bonds is 7. The molecule has 0 bridgehead atoms. The van der Waals surface area contributed by atoms with Crippen molar-refractivity contribution >= 4 is 55.9 Å². The maximum Gasteiger partial charge on any atom is 0.150 e. The molecule has 0 saturated carbocycles. The first kappa shape index (κ1) is 40.0. The molecule has 3 heterocycles. The number of fused-ring (bicyclic) bond motifs is 3. The van der Waals surface area contributed by atoms with Gasteiger partial charge in [-0.3, -0.25) is 4.57 Å². The summed E-state index contributed by atoms with van der Waals surface area (Å²) in [4.78, 5) is 9.86. The third-order valence-corrected chi connectivity index (χ3v) is 12.4. The number of benzene rings is 6. The smallest absolute Gasteiger partial charge is 0.150 e. The fourth-order valence-electron chi connectivity index (χ4n) is 9.07. The second-order valence-electron chi connectivity index (χ2n) is 19.7. The minimum atomic E-state index is -0.117. The van der Waals surface area contributed by atoms with E-state index in [0.717, 1.165) is 45.3 Å². The summed E-state index contributed by atoms with van der Waals surface area (Å²) in [6.45, 7) is 21.6. The summed E-state index contributed by atoms with van der Waals surface area (Å²) in [7, 11) is 0.